The fourth-order valence-electron chi connectivity index (χ4n) is 0.564. The molecule has 0 heterocycles. The summed E-state index contributed by atoms with van der Waals surface area (Å²) in [6.07, 6.45) is 7.19. The SMILES string of the molecule is C=C/C=C\CCCC(=O)O. The molecule has 0 unspecified atom stereocenters. The maximum Gasteiger partial charge on any atom is 0.303 e. The highest BCUT2D eigenvalue weighted by Crippen LogP contribution is 1.95. The van der Waals surface area contributed by atoms with Gasteiger partial charge >= 0.3 is 5.97 Å². The maximum atomic E-state index is 9.99. The molecule has 56 valence electrons. The van der Waals surface area contributed by atoms with Gasteiger partial charge in [0.1, 0.15) is 0 Å². The quantitative estimate of drug-likeness (QED) is 0.468. The summed E-state index contributed by atoms with van der Waals surface area (Å²) in [5.74, 6) is -0.730. The van der Waals surface area contributed by atoms with Crippen LogP contribution >= 0.6 is 0 Å². The lowest BCUT2D eigenvalue weighted by Gasteiger charge is -1.88. The van der Waals surface area contributed by atoms with Crippen molar-refractivity contribution in [1.82, 2.24) is 0 Å². The highest BCUT2D eigenvalue weighted by molar-refractivity contribution is 5.66. The molecule has 0 saturated carbocycles. The van der Waals surface area contributed by atoms with Gasteiger partial charge in [0.2, 0.25) is 0 Å². The predicted molar refractivity (Wildman–Crippen MR) is 40.8 cm³/mol. The van der Waals surface area contributed by atoms with Gasteiger partial charge in [0, 0.05) is 6.42 Å². The molecule has 0 radical (unpaired) electrons. The Kier molecular flexibility index (Phi) is 5.44. The largest absolute Gasteiger partial charge is 0.481 e. The van der Waals surface area contributed by atoms with E-state index in [4.69, 9.17) is 5.11 Å². The third-order valence-electron chi connectivity index (χ3n) is 1.03. The van der Waals surface area contributed by atoms with E-state index in [-0.39, 0.29) is 6.42 Å². The molecule has 0 aromatic heterocycles. The number of carboxylic acids is 1. The van der Waals surface area contributed by atoms with E-state index in [1.807, 2.05) is 12.2 Å². The molecule has 0 atom stereocenters. The molecule has 0 rings (SSSR count). The summed E-state index contributed by atoms with van der Waals surface area (Å²) in [6.45, 7) is 3.49. The number of aliphatic carboxylic acids is 1. The molecular formula is C8H12O2. The van der Waals surface area contributed by atoms with Gasteiger partial charge in [0.25, 0.3) is 0 Å². The van der Waals surface area contributed by atoms with Crippen LogP contribution in [0.5, 0.6) is 0 Å². The van der Waals surface area contributed by atoms with Crippen molar-refractivity contribution in [2.75, 3.05) is 0 Å². The lowest BCUT2D eigenvalue weighted by Crippen LogP contribution is -1.92. The van der Waals surface area contributed by atoms with Gasteiger partial charge in [-0.3, -0.25) is 4.79 Å². The van der Waals surface area contributed by atoms with E-state index in [2.05, 4.69) is 6.58 Å². The molecule has 0 spiro atoms. The molecule has 0 aliphatic rings. The van der Waals surface area contributed by atoms with Crippen molar-refractivity contribution in [2.24, 2.45) is 0 Å². The van der Waals surface area contributed by atoms with E-state index >= 15 is 0 Å². The van der Waals surface area contributed by atoms with Gasteiger partial charge in [0.05, 0.1) is 0 Å². The van der Waals surface area contributed by atoms with Crippen molar-refractivity contribution in [2.45, 2.75) is 19.3 Å². The molecule has 0 fully saturated rings. The number of carboxylic acid groups (broad SMARTS) is 1. The maximum absolute atomic E-state index is 9.99. The second-order valence-electron chi connectivity index (χ2n) is 1.95. The minimum Gasteiger partial charge on any atom is -0.481 e. The van der Waals surface area contributed by atoms with Crippen LogP contribution in [-0.4, -0.2) is 11.1 Å². The fraction of sp³-hybridized carbons (Fsp3) is 0.375. The zero-order chi connectivity index (χ0) is 7.82. The van der Waals surface area contributed by atoms with Crippen molar-refractivity contribution < 1.29 is 9.90 Å². The number of hydrogen-bond donors (Lipinski definition) is 1. The zero-order valence-corrected chi connectivity index (χ0v) is 5.92. The van der Waals surface area contributed by atoms with Crippen LogP contribution in [0, 0.1) is 0 Å². The fourth-order valence-corrected chi connectivity index (χ4v) is 0.564. The van der Waals surface area contributed by atoms with Gasteiger partial charge < -0.3 is 5.11 Å². The van der Waals surface area contributed by atoms with E-state index < -0.39 is 5.97 Å². The molecule has 2 heteroatoms. The lowest BCUT2D eigenvalue weighted by molar-refractivity contribution is -0.137. The summed E-state index contributed by atoms with van der Waals surface area (Å²) >= 11 is 0. The van der Waals surface area contributed by atoms with E-state index in [9.17, 15) is 4.79 Å². The summed E-state index contributed by atoms with van der Waals surface area (Å²) in [5.41, 5.74) is 0. The van der Waals surface area contributed by atoms with E-state index in [1.54, 1.807) is 6.08 Å². The number of unbranched alkanes of at least 4 members (excludes halogenated alkanes) is 1. The summed E-state index contributed by atoms with van der Waals surface area (Å²) in [4.78, 5) is 9.99. The Hall–Kier alpha value is -1.05. The smallest absolute Gasteiger partial charge is 0.303 e. The monoisotopic (exact) mass is 140 g/mol. The highest BCUT2D eigenvalue weighted by Gasteiger charge is 1.92. The van der Waals surface area contributed by atoms with Gasteiger partial charge in [-0.15, -0.1) is 0 Å². The Labute approximate surface area is 60.9 Å². The molecule has 0 aliphatic carbocycles. The first-order valence-corrected chi connectivity index (χ1v) is 3.26. The Morgan fingerprint density at radius 1 is 1.60 bits per heavy atom. The van der Waals surface area contributed by atoms with Crippen LogP contribution < -0.4 is 0 Å². The van der Waals surface area contributed by atoms with Crippen LogP contribution in [0.3, 0.4) is 0 Å². The summed E-state index contributed by atoms with van der Waals surface area (Å²) in [7, 11) is 0. The van der Waals surface area contributed by atoms with Crippen LogP contribution in [0.25, 0.3) is 0 Å². The normalized spacial score (nSPS) is 10.0. The molecule has 1 N–H and O–H groups in total. The standard InChI is InChI=1S/C8H12O2/c1-2-3-4-5-6-7-8(9)10/h2-4H,1,5-7H2,(H,9,10)/b4-3-. The first-order chi connectivity index (χ1) is 4.77. The Morgan fingerprint density at radius 2 is 2.30 bits per heavy atom. The number of hydrogen-bond acceptors (Lipinski definition) is 1. The van der Waals surface area contributed by atoms with Crippen molar-refractivity contribution in [3.8, 4) is 0 Å². The van der Waals surface area contributed by atoms with Crippen molar-refractivity contribution in [3.63, 3.8) is 0 Å². The minimum atomic E-state index is -0.730. The molecule has 0 aliphatic heterocycles. The zero-order valence-electron chi connectivity index (χ0n) is 5.92. The summed E-state index contributed by atoms with van der Waals surface area (Å²) in [5, 5.41) is 8.23. The van der Waals surface area contributed by atoms with Crippen molar-refractivity contribution in [1.29, 1.82) is 0 Å². The summed E-state index contributed by atoms with van der Waals surface area (Å²) < 4.78 is 0. The first-order valence-electron chi connectivity index (χ1n) is 3.26. The molecule has 2 nitrogen and oxygen atoms in total. The molecule has 0 aromatic carbocycles. The molecule has 0 bridgehead atoms. The number of carbonyl (C=O) groups is 1. The average Bonchev–Trinajstić information content (AvgIpc) is 1.87. The van der Waals surface area contributed by atoms with Crippen LogP contribution in [0.15, 0.2) is 24.8 Å². The van der Waals surface area contributed by atoms with Gasteiger partial charge in [0.15, 0.2) is 0 Å². The first kappa shape index (κ1) is 8.95. The van der Waals surface area contributed by atoms with Crippen molar-refractivity contribution >= 4 is 5.97 Å². The highest BCUT2D eigenvalue weighted by atomic mass is 16.4. The third kappa shape index (κ3) is 6.95. The predicted octanol–water partition coefficient (Wildman–Crippen LogP) is 1.98. The van der Waals surface area contributed by atoms with E-state index in [0.717, 1.165) is 6.42 Å². The molecule has 0 aromatic rings. The van der Waals surface area contributed by atoms with Gasteiger partial charge in [-0.2, -0.15) is 0 Å². The second-order valence-corrected chi connectivity index (χ2v) is 1.95. The Balaban J connectivity index is 3.12. The van der Waals surface area contributed by atoms with Gasteiger partial charge in [-0.05, 0) is 12.8 Å². The minimum absolute atomic E-state index is 0.251. The van der Waals surface area contributed by atoms with Crippen LogP contribution in [0.2, 0.25) is 0 Å². The lowest BCUT2D eigenvalue weighted by atomic mass is 10.2. The number of rotatable bonds is 5. The van der Waals surface area contributed by atoms with E-state index in [0.29, 0.717) is 6.42 Å². The topological polar surface area (TPSA) is 37.3 Å². The molecule has 0 amide bonds. The second kappa shape index (κ2) is 6.08. The average molecular weight is 140 g/mol. The van der Waals surface area contributed by atoms with E-state index in [1.165, 1.54) is 0 Å². The molecular weight excluding hydrogens is 128 g/mol. The molecule has 0 saturated heterocycles. The van der Waals surface area contributed by atoms with Crippen LogP contribution in [0.4, 0.5) is 0 Å². The molecule has 10 heavy (non-hydrogen) atoms. The third-order valence-corrected chi connectivity index (χ3v) is 1.03. The Bertz CT molecular complexity index is 136. The Morgan fingerprint density at radius 3 is 2.80 bits per heavy atom. The van der Waals surface area contributed by atoms with Crippen LogP contribution in [-0.2, 0) is 4.79 Å². The van der Waals surface area contributed by atoms with Crippen molar-refractivity contribution in [3.05, 3.63) is 24.8 Å². The number of allylic oxidation sites excluding steroid dienone is 3. The van der Waals surface area contributed by atoms with Gasteiger partial charge in [-0.1, -0.05) is 24.8 Å². The summed E-state index contributed by atoms with van der Waals surface area (Å²) in [6, 6.07) is 0. The van der Waals surface area contributed by atoms with Gasteiger partial charge in [-0.25, -0.2) is 0 Å². The van der Waals surface area contributed by atoms with Crippen LogP contribution in [0.1, 0.15) is 19.3 Å².